The molecule has 3 heterocycles. The zero-order valence-electron chi connectivity index (χ0n) is 11.2. The topological polar surface area (TPSA) is 148 Å². The number of rotatable bonds is 2. The second kappa shape index (κ2) is 6.18. The molecule has 0 unspecified atom stereocenters. The quantitative estimate of drug-likeness (QED) is 0.158. The summed E-state index contributed by atoms with van der Waals surface area (Å²) in [4.78, 5) is 36.5. The van der Waals surface area contributed by atoms with Gasteiger partial charge in [-0.05, 0) is 12.8 Å². The minimum atomic E-state index is -4.66. The van der Waals surface area contributed by atoms with Crippen molar-refractivity contribution in [2.45, 2.75) is 31.0 Å². The van der Waals surface area contributed by atoms with Crippen molar-refractivity contribution in [1.29, 1.82) is 0 Å². The fourth-order valence-electron chi connectivity index (χ4n) is 3.11. The Hall–Kier alpha value is -0.920. The number of fused-ring (bicyclic) bond motifs is 1. The van der Waals surface area contributed by atoms with Crippen molar-refractivity contribution in [2.75, 3.05) is 13.1 Å². The van der Waals surface area contributed by atoms with E-state index in [1.54, 1.807) is 0 Å². The summed E-state index contributed by atoms with van der Waals surface area (Å²) < 4.78 is 31.4. The summed E-state index contributed by atoms with van der Waals surface area (Å²) in [5, 5.41) is 12.6. The van der Waals surface area contributed by atoms with E-state index in [4.69, 9.17) is 4.55 Å². The van der Waals surface area contributed by atoms with Gasteiger partial charge in [-0.1, -0.05) is 0 Å². The van der Waals surface area contributed by atoms with Crippen LogP contribution in [-0.2, 0) is 19.9 Å². The van der Waals surface area contributed by atoms with E-state index in [0.717, 1.165) is 4.90 Å². The Kier molecular flexibility index (Phi) is 4.95. The van der Waals surface area contributed by atoms with Crippen molar-refractivity contribution < 1.29 is 32.6 Å². The van der Waals surface area contributed by atoms with Gasteiger partial charge in [0.05, 0.1) is 6.04 Å². The standard InChI is InChI=1S/C10H14N4O7S.Na.H/c15-8-6(1-3-11-8)13(18)10(17)12-4-2-5-7(12)9(16)14(5)22(19,20)21;;/h5-7,18H,1-4H2,(H,11,15)(H,19,20,21);;/t5-,6-,7+;;/m1../s1. The number of carbonyl (C=O) groups is 3. The van der Waals surface area contributed by atoms with Crippen LogP contribution in [-0.4, -0.2) is 111 Å². The Balaban J connectivity index is 0.00000192. The molecule has 3 aliphatic rings. The summed E-state index contributed by atoms with van der Waals surface area (Å²) in [5.41, 5.74) is 0. The van der Waals surface area contributed by atoms with Crippen LogP contribution in [0.4, 0.5) is 4.79 Å². The van der Waals surface area contributed by atoms with Crippen LogP contribution in [0.1, 0.15) is 12.8 Å². The van der Waals surface area contributed by atoms with Gasteiger partial charge in [0.1, 0.15) is 12.1 Å². The van der Waals surface area contributed by atoms with Crippen LogP contribution in [0.5, 0.6) is 0 Å². The van der Waals surface area contributed by atoms with E-state index in [1.165, 1.54) is 0 Å². The molecule has 3 N–H and O–H groups in total. The van der Waals surface area contributed by atoms with E-state index < -0.39 is 46.3 Å². The third-order valence-corrected chi connectivity index (χ3v) is 5.09. The first-order valence-corrected chi connectivity index (χ1v) is 8.00. The zero-order valence-corrected chi connectivity index (χ0v) is 12.1. The van der Waals surface area contributed by atoms with Gasteiger partial charge < -0.3 is 10.2 Å². The molecule has 0 aromatic heterocycles. The van der Waals surface area contributed by atoms with Crippen LogP contribution in [0.25, 0.3) is 0 Å². The maximum absolute atomic E-state index is 12.2. The molecule has 0 aromatic carbocycles. The van der Waals surface area contributed by atoms with Crippen LogP contribution in [0, 0.1) is 0 Å². The Morgan fingerprint density at radius 3 is 2.48 bits per heavy atom. The molecular formula is C10H15N4NaO7S. The maximum atomic E-state index is 12.2. The van der Waals surface area contributed by atoms with Crippen LogP contribution in [0.2, 0.25) is 0 Å². The molecule has 11 nitrogen and oxygen atoms in total. The van der Waals surface area contributed by atoms with Gasteiger partial charge in [0, 0.05) is 13.1 Å². The van der Waals surface area contributed by atoms with E-state index in [0.29, 0.717) is 10.8 Å². The van der Waals surface area contributed by atoms with Crippen molar-refractivity contribution in [3.8, 4) is 0 Å². The molecule has 3 saturated heterocycles. The van der Waals surface area contributed by atoms with E-state index in [2.05, 4.69) is 5.32 Å². The first-order chi connectivity index (χ1) is 10.2. The molecular weight excluding hydrogens is 343 g/mol. The van der Waals surface area contributed by atoms with Gasteiger partial charge in [0.25, 0.3) is 5.91 Å². The van der Waals surface area contributed by atoms with Crippen molar-refractivity contribution in [3.05, 3.63) is 0 Å². The first kappa shape index (κ1) is 18.4. The van der Waals surface area contributed by atoms with Gasteiger partial charge in [-0.25, -0.2) is 9.10 Å². The Bertz CT molecular complexity index is 656. The molecule has 3 rings (SSSR count). The Morgan fingerprint density at radius 1 is 1.30 bits per heavy atom. The normalized spacial score (nSPS) is 29.6. The van der Waals surface area contributed by atoms with Crippen LogP contribution < -0.4 is 5.32 Å². The molecule has 0 aliphatic carbocycles. The monoisotopic (exact) mass is 358 g/mol. The van der Waals surface area contributed by atoms with Crippen molar-refractivity contribution in [3.63, 3.8) is 0 Å². The number of hydrogen-bond acceptors (Lipinski definition) is 6. The second-order valence-electron chi connectivity index (χ2n) is 5.33. The van der Waals surface area contributed by atoms with Gasteiger partial charge in [0.2, 0.25) is 5.91 Å². The molecule has 0 spiro atoms. The summed E-state index contributed by atoms with van der Waals surface area (Å²) in [6, 6.07) is -3.84. The Morgan fingerprint density at radius 2 is 1.96 bits per heavy atom. The molecule has 0 saturated carbocycles. The van der Waals surface area contributed by atoms with Crippen molar-refractivity contribution >= 4 is 57.7 Å². The van der Waals surface area contributed by atoms with Crippen LogP contribution in [0.3, 0.4) is 0 Å². The number of likely N-dealkylation sites (tertiary alicyclic amines) is 1. The van der Waals surface area contributed by atoms with E-state index in [-0.39, 0.29) is 54.0 Å². The summed E-state index contributed by atoms with van der Waals surface area (Å²) in [7, 11) is -4.66. The van der Waals surface area contributed by atoms with Crippen molar-refractivity contribution in [1.82, 2.24) is 19.6 Å². The second-order valence-corrected chi connectivity index (χ2v) is 6.62. The zero-order chi connectivity index (χ0) is 16.2. The molecule has 3 atom stereocenters. The first-order valence-electron chi connectivity index (χ1n) is 6.60. The molecule has 0 aromatic rings. The van der Waals surface area contributed by atoms with Gasteiger partial charge in [0.15, 0.2) is 0 Å². The summed E-state index contributed by atoms with van der Waals surface area (Å²) >= 11 is 0. The van der Waals surface area contributed by atoms with Gasteiger partial charge in [-0.2, -0.15) is 13.5 Å². The number of hydrogen-bond donors (Lipinski definition) is 3. The summed E-state index contributed by atoms with van der Waals surface area (Å²) in [5.74, 6) is -1.42. The number of urea groups is 1. The number of amides is 4. The predicted molar refractivity (Wildman–Crippen MR) is 74.9 cm³/mol. The van der Waals surface area contributed by atoms with Gasteiger partial charge >= 0.3 is 45.9 Å². The SMILES string of the molecule is O=C1NCC[C@H]1N(O)C(=O)N1CC[C@@H]2[C@H]1C(=O)N2S(=O)(=O)O.[NaH]. The molecule has 124 valence electrons. The molecule has 23 heavy (non-hydrogen) atoms. The fourth-order valence-corrected chi connectivity index (χ4v) is 4.01. The number of nitrogens with one attached hydrogen (secondary N) is 1. The van der Waals surface area contributed by atoms with Crippen LogP contribution >= 0.6 is 0 Å². The fraction of sp³-hybridized carbons (Fsp3) is 0.700. The van der Waals surface area contributed by atoms with Crippen LogP contribution in [0.15, 0.2) is 0 Å². The van der Waals surface area contributed by atoms with E-state index >= 15 is 0 Å². The number of nitrogens with zero attached hydrogens (tertiary/aromatic N) is 3. The Labute approximate surface area is 153 Å². The third kappa shape index (κ3) is 2.83. The molecule has 3 aliphatic heterocycles. The van der Waals surface area contributed by atoms with E-state index in [1.807, 2.05) is 0 Å². The average Bonchev–Trinajstić information content (AvgIpc) is 2.99. The molecule has 0 radical (unpaired) electrons. The summed E-state index contributed by atoms with van der Waals surface area (Å²) in [6.45, 7) is 0.368. The number of hydroxylamine groups is 2. The number of carbonyl (C=O) groups excluding carboxylic acids is 3. The molecule has 13 heteroatoms. The molecule has 0 bridgehead atoms. The molecule has 3 fully saturated rings. The van der Waals surface area contributed by atoms with E-state index in [9.17, 15) is 28.0 Å². The molecule has 4 amide bonds. The number of β-lactam (4-membered cyclic amide) rings is 1. The average molecular weight is 358 g/mol. The summed E-state index contributed by atoms with van der Waals surface area (Å²) in [6.07, 6.45) is 0.404. The minimum absolute atomic E-state index is 0. The predicted octanol–water partition coefficient (Wildman–Crippen LogP) is -2.87. The van der Waals surface area contributed by atoms with Crippen molar-refractivity contribution in [2.24, 2.45) is 0 Å². The third-order valence-electron chi connectivity index (χ3n) is 4.14. The van der Waals surface area contributed by atoms with Gasteiger partial charge in [-0.15, -0.1) is 0 Å². The van der Waals surface area contributed by atoms with Gasteiger partial charge in [-0.3, -0.25) is 19.3 Å².